The van der Waals surface area contributed by atoms with Crippen LogP contribution in [0.4, 0.5) is 8.78 Å². The molecule has 7 heteroatoms. The molecule has 21 heavy (non-hydrogen) atoms. The molecule has 0 saturated carbocycles. The Kier molecular flexibility index (Phi) is 5.36. The van der Waals surface area contributed by atoms with Crippen molar-refractivity contribution in [2.24, 2.45) is 0 Å². The second-order valence-electron chi connectivity index (χ2n) is 4.57. The van der Waals surface area contributed by atoms with Gasteiger partial charge in [-0.3, -0.25) is 0 Å². The summed E-state index contributed by atoms with van der Waals surface area (Å²) in [7, 11) is 0. The summed E-state index contributed by atoms with van der Waals surface area (Å²) in [5, 5.41) is 30.5. The van der Waals surface area contributed by atoms with Crippen LogP contribution in [0.15, 0.2) is 18.2 Å². The number of nitriles is 1. The molecule has 0 radical (unpaired) electrons. The molecule has 0 saturated heterocycles. The Morgan fingerprint density at radius 1 is 1.10 bits per heavy atom. The molecule has 0 atom stereocenters. The number of carboxylic acid groups (broad SMARTS) is 2. The van der Waals surface area contributed by atoms with Gasteiger partial charge in [0.2, 0.25) is 0 Å². The fraction of sp³-hybridized carbons (Fsp3) is 0.357. The van der Waals surface area contributed by atoms with Crippen molar-refractivity contribution in [1.82, 2.24) is 0 Å². The van der Waals surface area contributed by atoms with E-state index in [-0.39, 0.29) is 18.4 Å². The topological polar surface area (TPSA) is 104 Å². The first kappa shape index (κ1) is 16.6. The molecule has 0 aliphatic heterocycles. The first-order valence-corrected chi connectivity index (χ1v) is 6.07. The standard InChI is InChI=1S/C14H13F2NO4/c15-10-2-1-9(7-11(10)16)14(8-17,5-3-12(18)19)6-4-13(20)21/h1-2,7H,3-6H2,(H,18,19)(H,20,21)/p-2. The molecule has 0 spiro atoms. The first-order chi connectivity index (χ1) is 9.80. The van der Waals surface area contributed by atoms with Crippen LogP contribution in [-0.4, -0.2) is 11.9 Å². The summed E-state index contributed by atoms with van der Waals surface area (Å²) in [5.41, 5.74) is -1.54. The van der Waals surface area contributed by atoms with E-state index in [2.05, 4.69) is 0 Å². The summed E-state index contributed by atoms with van der Waals surface area (Å²) >= 11 is 0. The lowest BCUT2D eigenvalue weighted by atomic mass is 9.74. The van der Waals surface area contributed by atoms with E-state index in [1.165, 1.54) is 0 Å². The molecule has 1 aromatic rings. The second-order valence-corrected chi connectivity index (χ2v) is 4.57. The highest BCUT2D eigenvalue weighted by Crippen LogP contribution is 2.34. The van der Waals surface area contributed by atoms with Gasteiger partial charge in [-0.15, -0.1) is 0 Å². The molecule has 0 amide bonds. The SMILES string of the molecule is N#CC(CCC(=O)[O-])(CCC(=O)[O-])c1ccc(F)c(F)c1. The van der Waals surface area contributed by atoms with Gasteiger partial charge < -0.3 is 19.8 Å². The number of carbonyl (C=O) groups is 2. The Morgan fingerprint density at radius 3 is 2.00 bits per heavy atom. The number of nitrogens with zero attached hydrogens (tertiary/aromatic N) is 1. The molecular formula is C14H11F2NO4-2. The van der Waals surface area contributed by atoms with Gasteiger partial charge in [0.05, 0.1) is 11.5 Å². The van der Waals surface area contributed by atoms with Crippen LogP contribution in [0.2, 0.25) is 0 Å². The molecule has 1 aromatic carbocycles. The number of hydrogen-bond donors (Lipinski definition) is 0. The molecule has 0 bridgehead atoms. The molecule has 0 aliphatic rings. The highest BCUT2D eigenvalue weighted by atomic mass is 19.2. The predicted octanol–water partition coefficient (Wildman–Crippen LogP) is -0.214. The van der Waals surface area contributed by atoms with E-state index < -0.39 is 41.8 Å². The zero-order chi connectivity index (χ0) is 16.0. The van der Waals surface area contributed by atoms with E-state index in [9.17, 15) is 33.8 Å². The van der Waals surface area contributed by atoms with Crippen LogP contribution in [0.25, 0.3) is 0 Å². The molecular weight excluding hydrogens is 284 g/mol. The fourth-order valence-electron chi connectivity index (χ4n) is 2.01. The van der Waals surface area contributed by atoms with Gasteiger partial charge in [0.15, 0.2) is 11.6 Å². The molecule has 5 nitrogen and oxygen atoms in total. The van der Waals surface area contributed by atoms with Crippen LogP contribution in [-0.2, 0) is 15.0 Å². The van der Waals surface area contributed by atoms with Crippen molar-refractivity contribution in [3.8, 4) is 6.07 Å². The van der Waals surface area contributed by atoms with Crippen molar-refractivity contribution in [2.75, 3.05) is 0 Å². The third-order valence-electron chi connectivity index (χ3n) is 3.20. The lowest BCUT2D eigenvalue weighted by Crippen LogP contribution is -2.32. The monoisotopic (exact) mass is 295 g/mol. The van der Waals surface area contributed by atoms with Crippen LogP contribution in [0.3, 0.4) is 0 Å². The molecule has 112 valence electrons. The number of carbonyl (C=O) groups excluding carboxylic acids is 2. The number of hydrogen-bond acceptors (Lipinski definition) is 5. The van der Waals surface area contributed by atoms with Crippen molar-refractivity contribution in [1.29, 1.82) is 5.26 Å². The van der Waals surface area contributed by atoms with E-state index in [0.29, 0.717) is 0 Å². The van der Waals surface area contributed by atoms with Crippen molar-refractivity contribution in [3.05, 3.63) is 35.4 Å². The van der Waals surface area contributed by atoms with Gasteiger partial charge in [-0.2, -0.15) is 5.26 Å². The van der Waals surface area contributed by atoms with Crippen LogP contribution < -0.4 is 10.2 Å². The summed E-state index contributed by atoms with van der Waals surface area (Å²) in [6, 6.07) is 4.52. The van der Waals surface area contributed by atoms with Crippen molar-refractivity contribution in [3.63, 3.8) is 0 Å². The number of carboxylic acids is 2. The first-order valence-electron chi connectivity index (χ1n) is 6.07. The summed E-state index contributed by atoms with van der Waals surface area (Å²) in [4.78, 5) is 21.1. The largest absolute Gasteiger partial charge is 0.550 e. The highest BCUT2D eigenvalue weighted by Gasteiger charge is 2.32. The normalized spacial score (nSPS) is 10.9. The van der Waals surface area contributed by atoms with Gasteiger partial charge in [-0.1, -0.05) is 6.07 Å². The molecule has 0 N–H and O–H groups in total. The molecule has 0 aliphatic carbocycles. The van der Waals surface area contributed by atoms with Crippen LogP contribution >= 0.6 is 0 Å². The van der Waals surface area contributed by atoms with Gasteiger partial charge in [0.1, 0.15) is 0 Å². The van der Waals surface area contributed by atoms with Gasteiger partial charge in [-0.25, -0.2) is 8.78 Å². The summed E-state index contributed by atoms with van der Waals surface area (Å²) in [5.74, 6) is -5.17. The molecule has 0 heterocycles. The Hall–Kier alpha value is -2.49. The average molecular weight is 295 g/mol. The minimum atomic E-state index is -1.56. The predicted molar refractivity (Wildman–Crippen MR) is 62.1 cm³/mol. The van der Waals surface area contributed by atoms with Gasteiger partial charge in [-0.05, 0) is 43.4 Å². The Labute approximate surface area is 119 Å². The Morgan fingerprint density at radius 2 is 1.62 bits per heavy atom. The van der Waals surface area contributed by atoms with E-state index >= 15 is 0 Å². The number of aliphatic carboxylic acids is 2. The van der Waals surface area contributed by atoms with Crippen LogP contribution in [0, 0.1) is 23.0 Å². The molecule has 0 unspecified atom stereocenters. The number of halogens is 2. The maximum absolute atomic E-state index is 13.3. The highest BCUT2D eigenvalue weighted by molar-refractivity contribution is 5.66. The van der Waals surface area contributed by atoms with Crippen molar-refractivity contribution < 1.29 is 28.6 Å². The lowest BCUT2D eigenvalue weighted by Gasteiger charge is -2.28. The van der Waals surface area contributed by atoms with E-state index in [0.717, 1.165) is 18.2 Å². The summed E-state index contributed by atoms with van der Waals surface area (Å²) < 4.78 is 26.3. The van der Waals surface area contributed by atoms with Gasteiger partial charge >= 0.3 is 0 Å². The van der Waals surface area contributed by atoms with Crippen LogP contribution in [0.1, 0.15) is 31.2 Å². The fourth-order valence-corrected chi connectivity index (χ4v) is 2.01. The second kappa shape index (κ2) is 6.79. The summed E-state index contributed by atoms with van der Waals surface area (Å²) in [6.45, 7) is 0. The zero-order valence-electron chi connectivity index (χ0n) is 10.9. The quantitative estimate of drug-likeness (QED) is 0.692. The molecule has 0 aromatic heterocycles. The maximum Gasteiger partial charge on any atom is 0.159 e. The minimum Gasteiger partial charge on any atom is -0.550 e. The third kappa shape index (κ3) is 4.24. The van der Waals surface area contributed by atoms with E-state index in [1.807, 2.05) is 6.07 Å². The summed E-state index contributed by atoms with van der Waals surface area (Å²) in [6.07, 6.45) is -1.58. The Bertz CT molecular complexity index is 577. The van der Waals surface area contributed by atoms with Gasteiger partial charge in [0.25, 0.3) is 0 Å². The average Bonchev–Trinajstić information content (AvgIpc) is 2.42. The molecule has 0 fully saturated rings. The zero-order valence-corrected chi connectivity index (χ0v) is 10.9. The molecule has 1 rings (SSSR count). The maximum atomic E-state index is 13.3. The smallest absolute Gasteiger partial charge is 0.159 e. The minimum absolute atomic E-state index is 0.0198. The number of rotatable bonds is 7. The van der Waals surface area contributed by atoms with Gasteiger partial charge in [0, 0.05) is 11.9 Å². The van der Waals surface area contributed by atoms with Crippen LogP contribution in [0.5, 0.6) is 0 Å². The lowest BCUT2D eigenvalue weighted by molar-refractivity contribution is -0.306. The van der Waals surface area contributed by atoms with E-state index in [1.54, 1.807) is 0 Å². The Balaban J connectivity index is 3.19. The van der Waals surface area contributed by atoms with Crippen molar-refractivity contribution in [2.45, 2.75) is 31.1 Å². The number of benzene rings is 1. The van der Waals surface area contributed by atoms with E-state index in [4.69, 9.17) is 0 Å². The van der Waals surface area contributed by atoms with Crippen molar-refractivity contribution >= 4 is 11.9 Å². The third-order valence-corrected chi connectivity index (χ3v) is 3.20.